The predicted molar refractivity (Wildman–Crippen MR) is 38.5 cm³/mol. The van der Waals surface area contributed by atoms with Crippen molar-refractivity contribution in [3.8, 4) is 0 Å². The van der Waals surface area contributed by atoms with Crippen LogP contribution in [0, 0.1) is 11.8 Å². The Hall–Kier alpha value is 0.960. The summed E-state index contributed by atoms with van der Waals surface area (Å²) in [7, 11) is 0. The van der Waals surface area contributed by atoms with Crippen LogP contribution in [0.1, 0.15) is 39.0 Å². The Bertz CT molecular complexity index is 148. The van der Waals surface area contributed by atoms with Crippen LogP contribution in [0.25, 0.3) is 0 Å². The molecule has 3 atom stereocenters. The summed E-state index contributed by atoms with van der Waals surface area (Å²) in [5, 5.41) is 11.9. The van der Waals surface area contributed by atoms with Gasteiger partial charge in [-0.2, -0.15) is 0 Å². The molecule has 0 radical (unpaired) electrons. The molecule has 2 aliphatic rings. The van der Waals surface area contributed by atoms with Crippen LogP contribution in [0.4, 0.5) is 0 Å². The van der Waals surface area contributed by atoms with Crippen molar-refractivity contribution in [1.29, 1.82) is 0 Å². The molecule has 2 fully saturated rings. The number of hydrogen-bond donors (Lipinski definition) is 0. The quantitative estimate of drug-likeness (QED) is 0.422. The van der Waals surface area contributed by atoms with Gasteiger partial charge in [0, 0.05) is 0 Å². The van der Waals surface area contributed by atoms with Crippen molar-refractivity contribution in [3.63, 3.8) is 0 Å². The second-order valence-electron chi connectivity index (χ2n) is 4.00. The SMILES string of the molecule is CCC1([O-])CC2CCC1C2.[Na+]. The first-order chi connectivity index (χ1) is 4.74. The molecule has 11 heavy (non-hydrogen) atoms. The van der Waals surface area contributed by atoms with Gasteiger partial charge in [-0.25, -0.2) is 0 Å². The first-order valence-corrected chi connectivity index (χ1v) is 4.45. The van der Waals surface area contributed by atoms with Gasteiger partial charge in [0.1, 0.15) is 0 Å². The topological polar surface area (TPSA) is 23.1 Å². The van der Waals surface area contributed by atoms with E-state index in [9.17, 15) is 5.11 Å². The zero-order valence-corrected chi connectivity index (χ0v) is 9.60. The van der Waals surface area contributed by atoms with Crippen molar-refractivity contribution in [2.45, 2.75) is 44.6 Å². The molecule has 0 aromatic rings. The maximum absolute atomic E-state index is 11.9. The maximum Gasteiger partial charge on any atom is 1.00 e. The second kappa shape index (κ2) is 3.37. The number of hydrogen-bond acceptors (Lipinski definition) is 1. The van der Waals surface area contributed by atoms with Gasteiger partial charge in [0.2, 0.25) is 0 Å². The van der Waals surface area contributed by atoms with Crippen molar-refractivity contribution in [1.82, 2.24) is 0 Å². The van der Waals surface area contributed by atoms with Crippen molar-refractivity contribution < 1.29 is 34.7 Å². The monoisotopic (exact) mass is 162 g/mol. The Labute approximate surface area is 90.9 Å². The Morgan fingerprint density at radius 2 is 2.18 bits per heavy atom. The van der Waals surface area contributed by atoms with Gasteiger partial charge in [0.15, 0.2) is 0 Å². The third-order valence-corrected chi connectivity index (χ3v) is 3.52. The summed E-state index contributed by atoms with van der Waals surface area (Å²) in [5.74, 6) is 1.35. The predicted octanol–water partition coefficient (Wildman–Crippen LogP) is -1.68. The zero-order chi connectivity index (χ0) is 7.19. The van der Waals surface area contributed by atoms with Crippen molar-refractivity contribution in [3.05, 3.63) is 0 Å². The Morgan fingerprint density at radius 1 is 1.45 bits per heavy atom. The minimum absolute atomic E-state index is 0. The van der Waals surface area contributed by atoms with Crippen LogP contribution in [0.5, 0.6) is 0 Å². The number of fused-ring (bicyclic) bond motifs is 2. The van der Waals surface area contributed by atoms with Gasteiger partial charge in [0.05, 0.1) is 0 Å². The summed E-state index contributed by atoms with van der Waals surface area (Å²) in [4.78, 5) is 0. The van der Waals surface area contributed by atoms with Crippen LogP contribution in [0.2, 0.25) is 0 Å². The Kier molecular flexibility index (Phi) is 3.08. The van der Waals surface area contributed by atoms with Crippen LogP contribution in [0.3, 0.4) is 0 Å². The molecule has 2 saturated carbocycles. The van der Waals surface area contributed by atoms with E-state index in [0.29, 0.717) is 5.92 Å². The van der Waals surface area contributed by atoms with Gasteiger partial charge in [-0.3, -0.25) is 0 Å². The molecule has 0 N–H and O–H groups in total. The fraction of sp³-hybridized carbons (Fsp3) is 1.00. The van der Waals surface area contributed by atoms with Crippen LogP contribution < -0.4 is 34.7 Å². The molecule has 2 aliphatic carbocycles. The molecule has 2 rings (SSSR count). The minimum Gasteiger partial charge on any atom is -0.849 e. The molecule has 0 saturated heterocycles. The van der Waals surface area contributed by atoms with E-state index in [1.165, 1.54) is 19.3 Å². The Balaban J connectivity index is 0.000000605. The van der Waals surface area contributed by atoms with E-state index in [2.05, 4.69) is 0 Å². The van der Waals surface area contributed by atoms with Gasteiger partial charge >= 0.3 is 29.6 Å². The molecular formula is C9H15NaO. The van der Waals surface area contributed by atoms with E-state index >= 15 is 0 Å². The standard InChI is InChI=1S/C9H15O.Na/c1-2-9(10)6-7-3-4-8(9)5-7;/h7-8H,2-6H2,1H3;/q-1;+1. The molecule has 0 spiro atoms. The Morgan fingerprint density at radius 3 is 2.45 bits per heavy atom. The molecule has 2 bridgehead atoms. The third kappa shape index (κ3) is 1.53. The summed E-state index contributed by atoms with van der Waals surface area (Å²) in [6, 6.07) is 0. The van der Waals surface area contributed by atoms with Crippen LogP contribution in [0.15, 0.2) is 0 Å². The van der Waals surface area contributed by atoms with Crippen LogP contribution >= 0.6 is 0 Å². The second-order valence-corrected chi connectivity index (χ2v) is 4.00. The molecule has 3 unspecified atom stereocenters. The van der Waals surface area contributed by atoms with Gasteiger partial charge < -0.3 is 5.11 Å². The molecule has 0 aliphatic heterocycles. The summed E-state index contributed by atoms with van der Waals surface area (Å²) in [6.45, 7) is 2.05. The molecule has 58 valence electrons. The van der Waals surface area contributed by atoms with Gasteiger partial charge in [-0.05, 0) is 12.3 Å². The van der Waals surface area contributed by atoms with Crippen molar-refractivity contribution >= 4 is 0 Å². The van der Waals surface area contributed by atoms with E-state index in [0.717, 1.165) is 18.8 Å². The molecular weight excluding hydrogens is 147 g/mol. The summed E-state index contributed by atoms with van der Waals surface area (Å²) in [6.07, 6.45) is 5.65. The summed E-state index contributed by atoms with van der Waals surface area (Å²) < 4.78 is 0. The molecule has 0 amide bonds. The molecule has 1 nitrogen and oxygen atoms in total. The molecule has 0 aromatic heterocycles. The normalized spacial score (nSPS) is 47.5. The largest absolute Gasteiger partial charge is 1.00 e. The molecule has 0 aromatic carbocycles. The number of rotatable bonds is 1. The van der Waals surface area contributed by atoms with Crippen molar-refractivity contribution in [2.24, 2.45) is 11.8 Å². The molecule has 2 heteroatoms. The zero-order valence-electron chi connectivity index (χ0n) is 7.60. The van der Waals surface area contributed by atoms with E-state index in [-0.39, 0.29) is 29.6 Å². The first-order valence-electron chi connectivity index (χ1n) is 4.45. The first kappa shape index (κ1) is 10.0. The van der Waals surface area contributed by atoms with E-state index in [1.807, 2.05) is 6.92 Å². The van der Waals surface area contributed by atoms with Gasteiger partial charge in [0.25, 0.3) is 0 Å². The third-order valence-electron chi connectivity index (χ3n) is 3.52. The average molecular weight is 162 g/mol. The summed E-state index contributed by atoms with van der Waals surface area (Å²) in [5.41, 5.74) is -0.497. The summed E-state index contributed by atoms with van der Waals surface area (Å²) >= 11 is 0. The van der Waals surface area contributed by atoms with E-state index in [4.69, 9.17) is 0 Å². The fourth-order valence-electron chi connectivity index (χ4n) is 2.83. The van der Waals surface area contributed by atoms with Crippen LogP contribution in [-0.4, -0.2) is 5.60 Å². The smallest absolute Gasteiger partial charge is 0.849 e. The minimum atomic E-state index is -0.497. The maximum atomic E-state index is 11.9. The van der Waals surface area contributed by atoms with E-state index < -0.39 is 5.60 Å². The fourth-order valence-corrected chi connectivity index (χ4v) is 2.83. The van der Waals surface area contributed by atoms with Crippen LogP contribution in [-0.2, 0) is 0 Å². The average Bonchev–Trinajstić information content (AvgIpc) is 2.46. The van der Waals surface area contributed by atoms with Gasteiger partial charge in [-0.15, -0.1) is 5.60 Å². The van der Waals surface area contributed by atoms with E-state index in [1.54, 1.807) is 0 Å². The molecule has 0 heterocycles. The van der Waals surface area contributed by atoms with Gasteiger partial charge in [-0.1, -0.05) is 38.5 Å². The van der Waals surface area contributed by atoms with Crippen molar-refractivity contribution in [2.75, 3.05) is 0 Å².